The van der Waals surface area contributed by atoms with Gasteiger partial charge >= 0.3 is 0 Å². The van der Waals surface area contributed by atoms with E-state index in [1.54, 1.807) is 24.3 Å². The van der Waals surface area contributed by atoms with Gasteiger partial charge in [0.05, 0.1) is 5.92 Å². The molecule has 3 aromatic rings. The van der Waals surface area contributed by atoms with Crippen LogP contribution >= 0.6 is 0 Å². The lowest BCUT2D eigenvalue weighted by Gasteiger charge is -2.16. The lowest BCUT2D eigenvalue weighted by Crippen LogP contribution is -2.17. The zero-order valence-corrected chi connectivity index (χ0v) is 14.2. The average molecular weight is 328 g/mol. The Labute approximate surface area is 148 Å². The molecule has 0 saturated carbocycles. The van der Waals surface area contributed by atoms with Crippen molar-refractivity contribution in [3.8, 4) is 0 Å². The van der Waals surface area contributed by atoms with Gasteiger partial charge in [-0.2, -0.15) is 0 Å². The summed E-state index contributed by atoms with van der Waals surface area (Å²) in [6, 6.07) is 26.2. The molecule has 0 spiro atoms. The summed E-state index contributed by atoms with van der Waals surface area (Å²) < 4.78 is 0. The SMILES string of the molecule is Cc1ccc([C@@H](CC(=O)c2ccccc2)C(=O)c2ccccc2)cc1. The molecule has 25 heavy (non-hydrogen) atoms. The van der Waals surface area contributed by atoms with Crippen molar-refractivity contribution in [1.82, 2.24) is 0 Å². The largest absolute Gasteiger partial charge is 0.294 e. The Bertz CT molecular complexity index is 850. The number of Topliss-reactive ketones (excluding diaryl/α,β-unsaturated/α-hetero) is 2. The fourth-order valence-corrected chi connectivity index (χ4v) is 2.89. The second-order valence-electron chi connectivity index (χ2n) is 6.19. The van der Waals surface area contributed by atoms with Crippen LogP contribution in [-0.2, 0) is 0 Å². The monoisotopic (exact) mass is 328 g/mol. The van der Waals surface area contributed by atoms with Crippen LogP contribution in [0.25, 0.3) is 0 Å². The minimum atomic E-state index is -0.476. The van der Waals surface area contributed by atoms with Crippen LogP contribution in [0.4, 0.5) is 0 Å². The van der Waals surface area contributed by atoms with E-state index in [4.69, 9.17) is 0 Å². The summed E-state index contributed by atoms with van der Waals surface area (Å²) in [5.41, 5.74) is 3.28. The smallest absolute Gasteiger partial charge is 0.170 e. The molecule has 124 valence electrons. The van der Waals surface area contributed by atoms with Crippen molar-refractivity contribution >= 4 is 11.6 Å². The van der Waals surface area contributed by atoms with Crippen molar-refractivity contribution in [3.05, 3.63) is 107 Å². The predicted molar refractivity (Wildman–Crippen MR) is 100 cm³/mol. The van der Waals surface area contributed by atoms with Crippen molar-refractivity contribution in [2.75, 3.05) is 0 Å². The van der Waals surface area contributed by atoms with E-state index in [2.05, 4.69) is 0 Å². The first kappa shape index (κ1) is 16.8. The van der Waals surface area contributed by atoms with E-state index in [9.17, 15) is 9.59 Å². The van der Waals surface area contributed by atoms with Crippen molar-refractivity contribution < 1.29 is 9.59 Å². The fourth-order valence-electron chi connectivity index (χ4n) is 2.89. The van der Waals surface area contributed by atoms with Crippen LogP contribution in [0.15, 0.2) is 84.9 Å². The van der Waals surface area contributed by atoms with Crippen LogP contribution in [0.5, 0.6) is 0 Å². The summed E-state index contributed by atoms with van der Waals surface area (Å²) in [6.45, 7) is 2.01. The topological polar surface area (TPSA) is 34.1 Å². The molecule has 0 aliphatic rings. The van der Waals surface area contributed by atoms with Gasteiger partial charge in [0.1, 0.15) is 0 Å². The van der Waals surface area contributed by atoms with Gasteiger partial charge < -0.3 is 0 Å². The molecule has 3 aromatic carbocycles. The zero-order chi connectivity index (χ0) is 17.6. The van der Waals surface area contributed by atoms with Crippen LogP contribution in [-0.4, -0.2) is 11.6 Å². The summed E-state index contributed by atoms with van der Waals surface area (Å²) in [5, 5.41) is 0. The van der Waals surface area contributed by atoms with Gasteiger partial charge in [-0.25, -0.2) is 0 Å². The molecule has 0 amide bonds. The number of carbonyl (C=O) groups excluding carboxylic acids is 2. The number of carbonyl (C=O) groups is 2. The Morgan fingerprint density at radius 3 is 1.80 bits per heavy atom. The minimum Gasteiger partial charge on any atom is -0.294 e. The third kappa shape index (κ3) is 4.10. The number of ketones is 2. The molecule has 1 atom stereocenters. The second-order valence-corrected chi connectivity index (χ2v) is 6.19. The van der Waals surface area contributed by atoms with Crippen molar-refractivity contribution in [3.63, 3.8) is 0 Å². The Morgan fingerprint density at radius 2 is 1.24 bits per heavy atom. The Kier molecular flexibility index (Phi) is 5.20. The van der Waals surface area contributed by atoms with E-state index in [1.807, 2.05) is 67.6 Å². The quantitative estimate of drug-likeness (QED) is 0.580. The van der Waals surface area contributed by atoms with Crippen molar-refractivity contribution in [2.45, 2.75) is 19.3 Å². The molecule has 0 radical (unpaired) electrons. The normalized spacial score (nSPS) is 11.7. The number of hydrogen-bond donors (Lipinski definition) is 0. The highest BCUT2D eigenvalue weighted by molar-refractivity contribution is 6.06. The van der Waals surface area contributed by atoms with E-state index in [0.29, 0.717) is 11.1 Å². The maximum absolute atomic E-state index is 13.0. The van der Waals surface area contributed by atoms with Crippen molar-refractivity contribution in [2.24, 2.45) is 0 Å². The standard InChI is InChI=1S/C23H20O2/c1-17-12-14-18(15-13-17)21(23(25)20-10-6-3-7-11-20)16-22(24)19-8-4-2-5-9-19/h2-15,21H,16H2,1H3/t21-/m1/s1. The second kappa shape index (κ2) is 7.71. The van der Waals surface area contributed by atoms with Gasteiger partial charge in [0.15, 0.2) is 11.6 Å². The number of rotatable bonds is 6. The molecule has 3 rings (SSSR count). The summed E-state index contributed by atoms with van der Waals surface area (Å²) in [5.74, 6) is -0.514. The molecule has 0 fully saturated rings. The molecular weight excluding hydrogens is 308 g/mol. The van der Waals surface area contributed by atoms with Crippen LogP contribution in [0.2, 0.25) is 0 Å². The van der Waals surface area contributed by atoms with Gasteiger partial charge in [0.25, 0.3) is 0 Å². The van der Waals surface area contributed by atoms with E-state index >= 15 is 0 Å². The number of aryl methyl sites for hydroxylation is 1. The lowest BCUT2D eigenvalue weighted by atomic mass is 9.85. The van der Waals surface area contributed by atoms with E-state index in [0.717, 1.165) is 11.1 Å². The molecule has 0 unspecified atom stereocenters. The minimum absolute atomic E-state index is 0.0181. The molecule has 2 heteroatoms. The summed E-state index contributed by atoms with van der Waals surface area (Å²) >= 11 is 0. The molecule has 0 aliphatic carbocycles. The van der Waals surface area contributed by atoms with Gasteiger partial charge in [0, 0.05) is 17.5 Å². The lowest BCUT2D eigenvalue weighted by molar-refractivity contribution is 0.0893. The first-order valence-electron chi connectivity index (χ1n) is 8.39. The van der Waals surface area contributed by atoms with E-state index in [-0.39, 0.29) is 18.0 Å². The highest BCUT2D eigenvalue weighted by Crippen LogP contribution is 2.26. The predicted octanol–water partition coefficient (Wildman–Crippen LogP) is 5.23. The maximum Gasteiger partial charge on any atom is 0.170 e. The molecule has 2 nitrogen and oxygen atoms in total. The third-order valence-corrected chi connectivity index (χ3v) is 4.34. The summed E-state index contributed by atoms with van der Waals surface area (Å²) in [7, 11) is 0. The number of hydrogen-bond acceptors (Lipinski definition) is 2. The van der Waals surface area contributed by atoms with Gasteiger partial charge in [-0.3, -0.25) is 9.59 Å². The Hall–Kier alpha value is -3.00. The molecule has 0 heterocycles. The first-order valence-corrected chi connectivity index (χ1v) is 8.39. The average Bonchev–Trinajstić information content (AvgIpc) is 2.67. The van der Waals surface area contributed by atoms with Gasteiger partial charge in [-0.05, 0) is 12.5 Å². The molecule has 0 aromatic heterocycles. The van der Waals surface area contributed by atoms with Crippen LogP contribution in [0.3, 0.4) is 0 Å². The molecular formula is C23H20O2. The molecule has 0 aliphatic heterocycles. The summed E-state index contributed by atoms with van der Waals surface area (Å²) in [4.78, 5) is 25.7. The highest BCUT2D eigenvalue weighted by Gasteiger charge is 2.25. The van der Waals surface area contributed by atoms with E-state index < -0.39 is 5.92 Å². The van der Waals surface area contributed by atoms with Crippen LogP contribution < -0.4 is 0 Å². The van der Waals surface area contributed by atoms with Crippen LogP contribution in [0, 0.1) is 6.92 Å². The maximum atomic E-state index is 13.0. The van der Waals surface area contributed by atoms with E-state index in [1.165, 1.54) is 0 Å². The van der Waals surface area contributed by atoms with Crippen molar-refractivity contribution in [1.29, 1.82) is 0 Å². The Morgan fingerprint density at radius 1 is 0.720 bits per heavy atom. The number of benzene rings is 3. The van der Waals surface area contributed by atoms with Gasteiger partial charge in [0.2, 0.25) is 0 Å². The Balaban J connectivity index is 1.93. The molecule has 0 saturated heterocycles. The zero-order valence-electron chi connectivity index (χ0n) is 14.2. The van der Waals surface area contributed by atoms with Gasteiger partial charge in [-0.15, -0.1) is 0 Å². The third-order valence-electron chi connectivity index (χ3n) is 4.34. The molecule has 0 N–H and O–H groups in total. The summed E-state index contributed by atoms with van der Waals surface area (Å²) in [6.07, 6.45) is 0.167. The first-order chi connectivity index (χ1) is 12.1. The fraction of sp³-hybridized carbons (Fsp3) is 0.130. The molecule has 0 bridgehead atoms. The van der Waals surface area contributed by atoms with Crippen LogP contribution in [0.1, 0.15) is 44.2 Å². The highest BCUT2D eigenvalue weighted by atomic mass is 16.1. The van der Waals surface area contributed by atoms with Gasteiger partial charge in [-0.1, -0.05) is 90.5 Å².